The highest BCUT2D eigenvalue weighted by Gasteiger charge is 2.23. The van der Waals surface area contributed by atoms with Gasteiger partial charge in [-0.2, -0.15) is 5.10 Å². The highest BCUT2D eigenvalue weighted by atomic mass is 16.2. The second-order valence-corrected chi connectivity index (χ2v) is 7.12. The smallest absolute Gasteiger partial charge is 0.254 e. The number of likely N-dealkylation sites (tertiary alicyclic amines) is 1. The standard InChI is InChI=1S/C19H27N5O/c1-14-17(11-21-23(14)4)13-24-9-5-6-16(12-24)18-8-7-15(10-20-18)19(25)22(2)3/h7-8,10-11,16H,5-6,9,12-13H2,1-4H3. The molecule has 1 aliphatic heterocycles. The van der Waals surface area contributed by atoms with Gasteiger partial charge in [0, 0.05) is 63.3 Å². The van der Waals surface area contributed by atoms with E-state index in [2.05, 4.69) is 21.9 Å². The average Bonchev–Trinajstić information content (AvgIpc) is 2.93. The van der Waals surface area contributed by atoms with Gasteiger partial charge < -0.3 is 4.90 Å². The molecule has 1 atom stereocenters. The Labute approximate surface area is 149 Å². The predicted molar refractivity (Wildman–Crippen MR) is 97.5 cm³/mol. The molecule has 0 spiro atoms. The molecular formula is C19H27N5O. The molecule has 0 bridgehead atoms. The van der Waals surface area contributed by atoms with Crippen molar-refractivity contribution in [2.45, 2.75) is 32.2 Å². The molecule has 6 nitrogen and oxygen atoms in total. The van der Waals surface area contributed by atoms with E-state index in [0.717, 1.165) is 31.7 Å². The number of aryl methyl sites for hydroxylation is 1. The van der Waals surface area contributed by atoms with Gasteiger partial charge in [0.1, 0.15) is 0 Å². The maximum absolute atomic E-state index is 12.0. The minimum Gasteiger partial charge on any atom is -0.345 e. The fraction of sp³-hybridized carbons (Fsp3) is 0.526. The van der Waals surface area contributed by atoms with E-state index in [4.69, 9.17) is 0 Å². The lowest BCUT2D eigenvalue weighted by atomic mass is 9.93. The quantitative estimate of drug-likeness (QED) is 0.855. The van der Waals surface area contributed by atoms with Crippen molar-refractivity contribution < 1.29 is 4.79 Å². The summed E-state index contributed by atoms with van der Waals surface area (Å²) in [6, 6.07) is 3.91. The van der Waals surface area contributed by atoms with Crippen molar-refractivity contribution >= 4 is 5.91 Å². The Balaban J connectivity index is 1.67. The first-order valence-corrected chi connectivity index (χ1v) is 8.83. The Morgan fingerprint density at radius 2 is 2.12 bits per heavy atom. The summed E-state index contributed by atoms with van der Waals surface area (Å²) in [5.41, 5.74) is 4.25. The summed E-state index contributed by atoms with van der Waals surface area (Å²) in [6.45, 7) is 5.17. The van der Waals surface area contributed by atoms with E-state index in [1.165, 1.54) is 17.7 Å². The highest BCUT2D eigenvalue weighted by Crippen LogP contribution is 2.27. The van der Waals surface area contributed by atoms with Gasteiger partial charge in [-0.25, -0.2) is 0 Å². The number of piperidine rings is 1. The van der Waals surface area contributed by atoms with Crippen LogP contribution in [-0.4, -0.2) is 57.7 Å². The van der Waals surface area contributed by atoms with Crippen LogP contribution in [0.2, 0.25) is 0 Å². The van der Waals surface area contributed by atoms with Crippen molar-refractivity contribution in [1.29, 1.82) is 0 Å². The van der Waals surface area contributed by atoms with Crippen molar-refractivity contribution in [2.75, 3.05) is 27.2 Å². The van der Waals surface area contributed by atoms with Crippen molar-refractivity contribution in [1.82, 2.24) is 24.6 Å². The lowest BCUT2D eigenvalue weighted by Gasteiger charge is -2.32. The van der Waals surface area contributed by atoms with Crippen molar-refractivity contribution in [3.63, 3.8) is 0 Å². The van der Waals surface area contributed by atoms with Gasteiger partial charge in [-0.15, -0.1) is 0 Å². The van der Waals surface area contributed by atoms with Crippen LogP contribution in [0, 0.1) is 6.92 Å². The van der Waals surface area contributed by atoms with Crippen molar-refractivity contribution in [3.05, 3.63) is 47.0 Å². The van der Waals surface area contributed by atoms with Crippen molar-refractivity contribution in [3.8, 4) is 0 Å². The van der Waals surface area contributed by atoms with Gasteiger partial charge >= 0.3 is 0 Å². The summed E-state index contributed by atoms with van der Waals surface area (Å²) >= 11 is 0. The zero-order valence-corrected chi connectivity index (χ0v) is 15.6. The maximum atomic E-state index is 12.0. The first-order valence-electron chi connectivity index (χ1n) is 8.83. The third kappa shape index (κ3) is 3.90. The van der Waals surface area contributed by atoms with Crippen LogP contribution in [-0.2, 0) is 13.6 Å². The molecule has 0 radical (unpaired) electrons. The van der Waals surface area contributed by atoms with Crippen LogP contribution in [0.25, 0.3) is 0 Å². The van der Waals surface area contributed by atoms with Crippen LogP contribution in [0.1, 0.15) is 46.1 Å². The van der Waals surface area contributed by atoms with E-state index >= 15 is 0 Å². The number of pyridine rings is 1. The molecule has 134 valence electrons. The molecule has 0 saturated carbocycles. The molecule has 2 aromatic rings. The largest absolute Gasteiger partial charge is 0.345 e. The fourth-order valence-corrected chi connectivity index (χ4v) is 3.41. The number of nitrogens with zero attached hydrogens (tertiary/aromatic N) is 5. The first-order chi connectivity index (χ1) is 12.0. The second-order valence-electron chi connectivity index (χ2n) is 7.12. The molecule has 1 saturated heterocycles. The lowest BCUT2D eigenvalue weighted by molar-refractivity contribution is 0.0827. The van der Waals surface area contributed by atoms with Gasteiger partial charge in [-0.1, -0.05) is 0 Å². The van der Waals surface area contributed by atoms with Crippen LogP contribution in [0.5, 0.6) is 0 Å². The summed E-state index contributed by atoms with van der Waals surface area (Å²) in [6.07, 6.45) is 6.00. The Kier molecular flexibility index (Phi) is 5.18. The maximum Gasteiger partial charge on any atom is 0.254 e. The van der Waals surface area contributed by atoms with E-state index in [0.29, 0.717) is 11.5 Å². The summed E-state index contributed by atoms with van der Waals surface area (Å²) < 4.78 is 1.93. The minimum absolute atomic E-state index is 0.00336. The molecule has 2 aromatic heterocycles. The second kappa shape index (κ2) is 7.35. The number of carbonyl (C=O) groups is 1. The van der Waals surface area contributed by atoms with Gasteiger partial charge in [0.05, 0.1) is 11.8 Å². The van der Waals surface area contributed by atoms with Crippen LogP contribution in [0.3, 0.4) is 0 Å². The first kappa shape index (κ1) is 17.6. The van der Waals surface area contributed by atoms with Crippen LogP contribution >= 0.6 is 0 Å². The normalized spacial score (nSPS) is 18.3. The molecule has 6 heteroatoms. The van der Waals surface area contributed by atoms with Gasteiger partial charge in [0.15, 0.2) is 0 Å². The SMILES string of the molecule is Cc1c(CN2CCCC(c3ccc(C(=O)N(C)C)cn3)C2)cnn1C. The van der Waals surface area contributed by atoms with Crippen LogP contribution < -0.4 is 0 Å². The monoisotopic (exact) mass is 341 g/mol. The van der Waals surface area contributed by atoms with E-state index < -0.39 is 0 Å². The zero-order valence-electron chi connectivity index (χ0n) is 15.6. The van der Waals surface area contributed by atoms with Crippen LogP contribution in [0.4, 0.5) is 0 Å². The number of hydrogen-bond donors (Lipinski definition) is 0. The highest BCUT2D eigenvalue weighted by molar-refractivity contribution is 5.93. The molecule has 0 aliphatic carbocycles. The van der Waals surface area contributed by atoms with Crippen LogP contribution in [0.15, 0.2) is 24.5 Å². The van der Waals surface area contributed by atoms with E-state index in [9.17, 15) is 4.79 Å². The molecule has 3 rings (SSSR count). The third-order valence-electron chi connectivity index (χ3n) is 5.09. The molecule has 1 aliphatic rings. The van der Waals surface area contributed by atoms with E-state index in [1.807, 2.05) is 30.1 Å². The Hall–Kier alpha value is -2.21. The number of hydrogen-bond acceptors (Lipinski definition) is 4. The predicted octanol–water partition coefficient (Wildman–Crippen LogP) is 2.20. The summed E-state index contributed by atoms with van der Waals surface area (Å²) in [5.74, 6) is 0.422. The number of rotatable bonds is 4. The number of carbonyl (C=O) groups excluding carboxylic acids is 1. The van der Waals surface area contributed by atoms with Gasteiger partial charge in [0.25, 0.3) is 5.91 Å². The third-order valence-corrected chi connectivity index (χ3v) is 5.09. The average molecular weight is 341 g/mol. The Bertz CT molecular complexity index is 735. The molecule has 1 amide bonds. The Morgan fingerprint density at radius 3 is 2.72 bits per heavy atom. The van der Waals surface area contributed by atoms with Gasteiger partial charge in [-0.05, 0) is 38.4 Å². The summed E-state index contributed by atoms with van der Waals surface area (Å²) in [4.78, 5) is 20.6. The molecule has 3 heterocycles. The molecule has 0 N–H and O–H groups in total. The zero-order chi connectivity index (χ0) is 18.0. The summed E-state index contributed by atoms with van der Waals surface area (Å²) in [7, 11) is 5.50. The molecule has 0 aromatic carbocycles. The molecule has 1 unspecified atom stereocenters. The number of aromatic nitrogens is 3. The fourth-order valence-electron chi connectivity index (χ4n) is 3.41. The molecular weight excluding hydrogens is 314 g/mol. The van der Waals surface area contributed by atoms with Gasteiger partial charge in [-0.3, -0.25) is 19.4 Å². The topological polar surface area (TPSA) is 54.3 Å². The number of amides is 1. The van der Waals surface area contributed by atoms with Gasteiger partial charge in [0.2, 0.25) is 0 Å². The Morgan fingerprint density at radius 1 is 1.32 bits per heavy atom. The molecule has 25 heavy (non-hydrogen) atoms. The van der Waals surface area contributed by atoms with Crippen molar-refractivity contribution in [2.24, 2.45) is 7.05 Å². The lowest BCUT2D eigenvalue weighted by Crippen LogP contribution is -2.34. The molecule has 1 fully saturated rings. The summed E-state index contributed by atoms with van der Waals surface area (Å²) in [5, 5.41) is 4.34. The van der Waals surface area contributed by atoms with E-state index in [1.54, 1.807) is 25.2 Å². The van der Waals surface area contributed by atoms with E-state index in [-0.39, 0.29) is 5.91 Å². The minimum atomic E-state index is -0.00336.